The molecule has 0 fully saturated rings. The molecule has 0 aromatic heterocycles. The van der Waals surface area contributed by atoms with Crippen molar-refractivity contribution in [2.75, 3.05) is 17.6 Å². The van der Waals surface area contributed by atoms with Crippen molar-refractivity contribution in [1.29, 1.82) is 0 Å². The number of aryl methyl sites for hydroxylation is 1. The lowest BCUT2D eigenvalue weighted by Crippen LogP contribution is -2.13. The lowest BCUT2D eigenvalue weighted by molar-refractivity contribution is 0.412. The van der Waals surface area contributed by atoms with Crippen LogP contribution in [0.15, 0.2) is 45.8 Å². The molecule has 0 bridgehead atoms. The summed E-state index contributed by atoms with van der Waals surface area (Å²) in [5.41, 5.74) is 7.39. The van der Waals surface area contributed by atoms with Gasteiger partial charge >= 0.3 is 0 Å². The van der Waals surface area contributed by atoms with Gasteiger partial charge in [0, 0.05) is 15.8 Å². The van der Waals surface area contributed by atoms with E-state index >= 15 is 0 Å². The number of rotatable bonds is 4. The SMILES string of the molecule is COc1ccc(NS(=O)(=O)c2ccc(Br)c(N)c2)cc1C. The van der Waals surface area contributed by atoms with Crippen LogP contribution < -0.4 is 15.2 Å². The first-order chi connectivity index (χ1) is 9.83. The molecule has 0 atom stereocenters. The average molecular weight is 371 g/mol. The summed E-state index contributed by atoms with van der Waals surface area (Å²) in [5.74, 6) is 0.700. The van der Waals surface area contributed by atoms with Crippen LogP contribution in [-0.2, 0) is 10.0 Å². The molecule has 0 amide bonds. The molecule has 0 saturated carbocycles. The van der Waals surface area contributed by atoms with Crippen LogP contribution in [0.2, 0.25) is 0 Å². The molecule has 0 radical (unpaired) electrons. The van der Waals surface area contributed by atoms with E-state index in [9.17, 15) is 8.42 Å². The van der Waals surface area contributed by atoms with Gasteiger partial charge < -0.3 is 10.5 Å². The number of methoxy groups -OCH3 is 1. The quantitative estimate of drug-likeness (QED) is 0.809. The topological polar surface area (TPSA) is 81.4 Å². The number of hydrogen-bond donors (Lipinski definition) is 2. The fraction of sp³-hybridized carbons (Fsp3) is 0.143. The van der Waals surface area contributed by atoms with E-state index < -0.39 is 10.0 Å². The summed E-state index contributed by atoms with van der Waals surface area (Å²) in [5, 5.41) is 0. The number of sulfonamides is 1. The Hall–Kier alpha value is -1.73. The van der Waals surface area contributed by atoms with Gasteiger partial charge in [-0.2, -0.15) is 0 Å². The normalized spacial score (nSPS) is 11.2. The third-order valence-electron chi connectivity index (χ3n) is 2.92. The number of benzene rings is 2. The summed E-state index contributed by atoms with van der Waals surface area (Å²) < 4.78 is 33.0. The molecule has 0 aliphatic carbocycles. The first kappa shape index (κ1) is 15.7. The van der Waals surface area contributed by atoms with Gasteiger partial charge in [-0.1, -0.05) is 0 Å². The van der Waals surface area contributed by atoms with Crippen molar-refractivity contribution < 1.29 is 13.2 Å². The molecular formula is C14H15BrN2O3S. The molecule has 21 heavy (non-hydrogen) atoms. The van der Waals surface area contributed by atoms with Gasteiger partial charge in [0.05, 0.1) is 12.0 Å². The summed E-state index contributed by atoms with van der Waals surface area (Å²) >= 11 is 3.23. The van der Waals surface area contributed by atoms with Gasteiger partial charge in [-0.25, -0.2) is 8.42 Å². The lowest BCUT2D eigenvalue weighted by Gasteiger charge is -2.11. The second kappa shape index (κ2) is 5.95. The van der Waals surface area contributed by atoms with E-state index in [1.807, 2.05) is 6.92 Å². The smallest absolute Gasteiger partial charge is 0.261 e. The molecular weight excluding hydrogens is 356 g/mol. The standard InChI is InChI=1S/C14H15BrN2O3S/c1-9-7-10(3-6-14(9)20-2)17-21(18,19)11-4-5-12(15)13(16)8-11/h3-8,17H,16H2,1-2H3. The predicted octanol–water partition coefficient (Wildman–Crippen LogP) is 3.15. The molecule has 2 rings (SSSR count). The van der Waals surface area contributed by atoms with E-state index in [4.69, 9.17) is 10.5 Å². The first-order valence-corrected chi connectivity index (χ1v) is 8.33. The van der Waals surface area contributed by atoms with Crippen LogP contribution >= 0.6 is 15.9 Å². The second-order valence-corrected chi connectivity index (χ2v) is 7.01. The number of anilines is 2. The van der Waals surface area contributed by atoms with E-state index in [2.05, 4.69) is 20.7 Å². The minimum absolute atomic E-state index is 0.108. The summed E-state index contributed by atoms with van der Waals surface area (Å²) in [4.78, 5) is 0.108. The zero-order valence-electron chi connectivity index (χ0n) is 11.6. The summed E-state index contributed by atoms with van der Waals surface area (Å²) in [6, 6.07) is 9.55. The third-order valence-corrected chi connectivity index (χ3v) is 5.03. The van der Waals surface area contributed by atoms with Crippen molar-refractivity contribution in [1.82, 2.24) is 0 Å². The molecule has 3 N–H and O–H groups in total. The fourth-order valence-corrected chi connectivity index (χ4v) is 3.18. The predicted molar refractivity (Wildman–Crippen MR) is 87.1 cm³/mol. The lowest BCUT2D eigenvalue weighted by atomic mass is 10.2. The van der Waals surface area contributed by atoms with Crippen LogP contribution in [0.3, 0.4) is 0 Å². The van der Waals surface area contributed by atoms with Gasteiger partial charge in [0.15, 0.2) is 0 Å². The highest BCUT2D eigenvalue weighted by Crippen LogP contribution is 2.26. The highest BCUT2D eigenvalue weighted by molar-refractivity contribution is 9.10. The minimum atomic E-state index is -3.68. The Balaban J connectivity index is 2.32. The molecule has 2 aromatic carbocycles. The van der Waals surface area contributed by atoms with Gasteiger partial charge in [0.25, 0.3) is 10.0 Å². The molecule has 0 unspecified atom stereocenters. The number of nitrogen functional groups attached to an aromatic ring is 1. The highest BCUT2D eigenvalue weighted by Gasteiger charge is 2.15. The maximum atomic E-state index is 12.3. The number of halogens is 1. The number of ether oxygens (including phenoxy) is 1. The number of nitrogens with two attached hydrogens (primary N) is 1. The van der Waals surface area contributed by atoms with Crippen molar-refractivity contribution >= 4 is 37.3 Å². The summed E-state index contributed by atoms with van der Waals surface area (Å²) in [7, 11) is -2.11. The van der Waals surface area contributed by atoms with E-state index in [1.54, 1.807) is 31.4 Å². The Bertz CT molecular complexity index is 776. The van der Waals surface area contributed by atoms with Crippen LogP contribution in [0, 0.1) is 6.92 Å². The van der Waals surface area contributed by atoms with Gasteiger partial charge in [0.1, 0.15) is 5.75 Å². The molecule has 0 aliphatic heterocycles. The Morgan fingerprint density at radius 1 is 1.19 bits per heavy atom. The van der Waals surface area contributed by atoms with Crippen molar-refractivity contribution in [3.8, 4) is 5.75 Å². The van der Waals surface area contributed by atoms with Crippen LogP contribution in [0.4, 0.5) is 11.4 Å². The number of hydrogen-bond acceptors (Lipinski definition) is 4. The van der Waals surface area contributed by atoms with Crippen LogP contribution in [0.5, 0.6) is 5.75 Å². The van der Waals surface area contributed by atoms with Gasteiger partial charge in [-0.15, -0.1) is 0 Å². The Morgan fingerprint density at radius 2 is 1.90 bits per heavy atom. The second-order valence-electron chi connectivity index (χ2n) is 4.47. The zero-order valence-corrected chi connectivity index (χ0v) is 14.0. The van der Waals surface area contributed by atoms with Crippen molar-refractivity contribution in [3.63, 3.8) is 0 Å². The zero-order chi connectivity index (χ0) is 15.6. The van der Waals surface area contributed by atoms with E-state index in [-0.39, 0.29) is 4.90 Å². The first-order valence-electron chi connectivity index (χ1n) is 6.06. The molecule has 7 heteroatoms. The Labute approximate surface area is 132 Å². The van der Waals surface area contributed by atoms with Gasteiger partial charge in [-0.05, 0) is 64.8 Å². The van der Waals surface area contributed by atoms with Crippen LogP contribution in [0.1, 0.15) is 5.56 Å². The maximum absolute atomic E-state index is 12.3. The van der Waals surface area contributed by atoms with E-state index in [0.29, 0.717) is 21.6 Å². The van der Waals surface area contributed by atoms with Crippen molar-refractivity contribution in [3.05, 3.63) is 46.4 Å². The largest absolute Gasteiger partial charge is 0.496 e. The fourth-order valence-electron chi connectivity index (χ4n) is 1.84. The molecule has 0 spiro atoms. The van der Waals surface area contributed by atoms with Crippen molar-refractivity contribution in [2.24, 2.45) is 0 Å². The number of nitrogens with one attached hydrogen (secondary N) is 1. The van der Waals surface area contributed by atoms with E-state index in [0.717, 1.165) is 5.56 Å². The monoisotopic (exact) mass is 370 g/mol. The molecule has 0 saturated heterocycles. The molecule has 5 nitrogen and oxygen atoms in total. The molecule has 2 aromatic rings. The molecule has 0 heterocycles. The minimum Gasteiger partial charge on any atom is -0.496 e. The van der Waals surface area contributed by atoms with Crippen LogP contribution in [-0.4, -0.2) is 15.5 Å². The van der Waals surface area contributed by atoms with Crippen molar-refractivity contribution in [2.45, 2.75) is 11.8 Å². The maximum Gasteiger partial charge on any atom is 0.261 e. The summed E-state index contributed by atoms with van der Waals surface area (Å²) in [6.07, 6.45) is 0. The van der Waals surface area contributed by atoms with E-state index in [1.165, 1.54) is 12.1 Å². The summed E-state index contributed by atoms with van der Waals surface area (Å²) in [6.45, 7) is 1.84. The Kier molecular flexibility index (Phi) is 4.43. The van der Waals surface area contributed by atoms with Gasteiger partial charge in [-0.3, -0.25) is 4.72 Å². The average Bonchev–Trinajstić information content (AvgIpc) is 2.41. The van der Waals surface area contributed by atoms with Crippen LogP contribution in [0.25, 0.3) is 0 Å². The Morgan fingerprint density at radius 3 is 2.48 bits per heavy atom. The molecule has 0 aliphatic rings. The highest BCUT2D eigenvalue weighted by atomic mass is 79.9. The third kappa shape index (κ3) is 3.48. The van der Waals surface area contributed by atoms with Gasteiger partial charge in [0.2, 0.25) is 0 Å². The molecule has 112 valence electrons.